The van der Waals surface area contributed by atoms with E-state index in [-0.39, 0.29) is 17.0 Å². The van der Waals surface area contributed by atoms with Crippen molar-refractivity contribution in [3.8, 4) is 16.9 Å². The zero-order chi connectivity index (χ0) is 24.5. The molecular weight excluding hydrogens is 473 g/mol. The molecule has 2 N–H and O–H groups in total. The van der Waals surface area contributed by atoms with E-state index in [1.54, 1.807) is 13.0 Å². The molecule has 0 saturated carbocycles. The third kappa shape index (κ3) is 5.57. The molecule has 0 unspecified atom stereocenters. The molecule has 1 aromatic carbocycles. The number of alkyl halides is 3. The zero-order valence-electron chi connectivity index (χ0n) is 17.9. The molecule has 3 heterocycles. The number of aliphatic hydroxyl groups excluding tert-OH is 1. The number of nitrogens with zero attached hydrogens (tertiary/aromatic N) is 3. The molecule has 1 aliphatic heterocycles. The van der Waals surface area contributed by atoms with Gasteiger partial charge >= 0.3 is 5.57 Å². The average Bonchev–Trinajstić information content (AvgIpc) is 3.21. The van der Waals surface area contributed by atoms with Crippen molar-refractivity contribution in [1.82, 2.24) is 9.97 Å². The molecule has 34 heavy (non-hydrogen) atoms. The molecule has 0 bridgehead atoms. The number of ether oxygens (including phenoxy) is 1. The lowest BCUT2D eigenvalue weighted by atomic mass is 10.0. The Kier molecular flexibility index (Phi) is 6.63. The highest BCUT2D eigenvalue weighted by atomic mass is 35.5. The average molecular weight is 493 g/mol. The second-order valence-corrected chi connectivity index (χ2v) is 8.24. The summed E-state index contributed by atoms with van der Waals surface area (Å²) in [6.07, 6.45) is 2.94. The Balaban J connectivity index is 1.62. The summed E-state index contributed by atoms with van der Waals surface area (Å²) in [4.78, 5) is 23.2. The van der Waals surface area contributed by atoms with Crippen molar-refractivity contribution in [2.45, 2.75) is 25.0 Å². The first-order valence-electron chi connectivity index (χ1n) is 10.3. The summed E-state index contributed by atoms with van der Waals surface area (Å²) < 4.78 is 44.0. The second kappa shape index (κ2) is 9.47. The summed E-state index contributed by atoms with van der Waals surface area (Å²) >= 11 is 4.75. The number of anilines is 2. The summed E-state index contributed by atoms with van der Waals surface area (Å²) in [6.45, 7) is 2.47. The zero-order valence-corrected chi connectivity index (χ0v) is 18.7. The van der Waals surface area contributed by atoms with E-state index in [2.05, 4.69) is 20.0 Å². The molecule has 7 nitrogen and oxygen atoms in total. The fourth-order valence-electron chi connectivity index (χ4n) is 3.58. The van der Waals surface area contributed by atoms with Gasteiger partial charge in [-0.05, 0) is 49.7 Å². The molecule has 1 saturated heterocycles. The Morgan fingerprint density at radius 1 is 1.24 bits per heavy atom. The van der Waals surface area contributed by atoms with E-state index in [0.717, 1.165) is 0 Å². The van der Waals surface area contributed by atoms with Crippen LogP contribution in [0.3, 0.4) is 0 Å². The van der Waals surface area contributed by atoms with Gasteiger partial charge in [0.05, 0.1) is 17.4 Å². The first-order chi connectivity index (χ1) is 16.1. The van der Waals surface area contributed by atoms with Gasteiger partial charge < -0.3 is 20.1 Å². The fraction of sp³-hybridized carbons (Fsp3) is 0.261. The lowest BCUT2D eigenvalue weighted by Crippen LogP contribution is -2.23. The topological polar surface area (TPSA) is 87.6 Å². The monoisotopic (exact) mass is 492 g/mol. The lowest BCUT2D eigenvalue weighted by molar-refractivity contribution is -0.0964. The molecule has 178 valence electrons. The maximum Gasteiger partial charge on any atom is 0.487 e. The van der Waals surface area contributed by atoms with Gasteiger partial charge in [-0.25, -0.2) is 9.37 Å². The Morgan fingerprint density at radius 3 is 2.59 bits per heavy atom. The van der Waals surface area contributed by atoms with E-state index >= 15 is 0 Å². The van der Waals surface area contributed by atoms with Gasteiger partial charge in [0.25, 0.3) is 5.91 Å². The minimum Gasteiger partial charge on any atom is -0.420 e. The Morgan fingerprint density at radius 2 is 1.97 bits per heavy atom. The smallest absolute Gasteiger partial charge is 0.420 e. The summed E-state index contributed by atoms with van der Waals surface area (Å²) in [5, 5.41) is 12.6. The molecule has 0 radical (unpaired) electrons. The van der Waals surface area contributed by atoms with Crippen LogP contribution in [0.4, 0.5) is 24.7 Å². The number of pyridine rings is 2. The van der Waals surface area contributed by atoms with Crippen molar-refractivity contribution in [2.75, 3.05) is 23.3 Å². The van der Waals surface area contributed by atoms with Gasteiger partial charge in [0.1, 0.15) is 17.4 Å². The summed E-state index contributed by atoms with van der Waals surface area (Å²) in [5.41, 5.74) is -2.17. The number of hydrogen-bond acceptors (Lipinski definition) is 6. The van der Waals surface area contributed by atoms with Crippen molar-refractivity contribution in [3.63, 3.8) is 0 Å². The third-order valence-corrected chi connectivity index (χ3v) is 5.35. The molecule has 3 aromatic rings. The molecule has 0 spiro atoms. The predicted molar refractivity (Wildman–Crippen MR) is 121 cm³/mol. The summed E-state index contributed by atoms with van der Waals surface area (Å²) in [5.74, 6) is -0.683. The van der Waals surface area contributed by atoms with Crippen molar-refractivity contribution in [1.29, 1.82) is 0 Å². The number of β-amino-alcohol motifs (C(OH)–C–C–N with tert-alkyl or cyclic N) is 1. The number of hydrogen-bond donors (Lipinski definition) is 2. The van der Waals surface area contributed by atoms with Crippen LogP contribution in [0.2, 0.25) is 0 Å². The van der Waals surface area contributed by atoms with Crippen LogP contribution in [0.1, 0.15) is 22.5 Å². The maximum absolute atomic E-state index is 14.2. The van der Waals surface area contributed by atoms with Gasteiger partial charge in [0, 0.05) is 53.9 Å². The maximum atomic E-state index is 14.2. The van der Waals surface area contributed by atoms with Gasteiger partial charge in [0.2, 0.25) is 0 Å². The Labute approximate surface area is 198 Å². The summed E-state index contributed by atoms with van der Waals surface area (Å²) in [6, 6.07) is 8.12. The van der Waals surface area contributed by atoms with Crippen LogP contribution in [0.15, 0.2) is 48.8 Å². The van der Waals surface area contributed by atoms with E-state index in [4.69, 9.17) is 11.6 Å². The number of carbonyl (C=O) groups excluding carboxylic acids is 1. The standard InChI is InChI=1S/C23H20ClF3N4O3/c1-13-20(25)9-14(10-28-13)19-8-15(11-29-21(19)31-7-6-17(32)12-31)22(33)30-16-2-4-18(5-3-16)34-23(24,26)27/h2-5,8-11,17,32H,6-7,12H2,1H3,(H,30,33)/t17-/m1/s1. The molecular formula is C23H20ClF3N4O3. The summed E-state index contributed by atoms with van der Waals surface area (Å²) in [7, 11) is 0. The number of amides is 1. The molecule has 4 rings (SSSR count). The van der Waals surface area contributed by atoms with E-state index in [9.17, 15) is 23.1 Å². The highest BCUT2D eigenvalue weighted by Gasteiger charge is 2.28. The van der Waals surface area contributed by atoms with Crippen LogP contribution < -0.4 is 15.0 Å². The first kappa shape index (κ1) is 23.8. The van der Waals surface area contributed by atoms with Crippen LogP contribution >= 0.6 is 11.6 Å². The van der Waals surface area contributed by atoms with Gasteiger partial charge in [-0.3, -0.25) is 9.78 Å². The van der Waals surface area contributed by atoms with Crippen molar-refractivity contribution < 1.29 is 27.8 Å². The Hall–Kier alpha value is -3.37. The quantitative estimate of drug-likeness (QED) is 0.490. The SMILES string of the molecule is Cc1ncc(-c2cc(C(=O)Nc3ccc(OC(F)(F)Cl)cc3)cnc2N2CC[C@@H](O)C2)cc1F. The van der Waals surface area contributed by atoms with Gasteiger partial charge in [-0.1, -0.05) is 0 Å². The number of benzene rings is 1. The normalized spacial score (nSPS) is 15.9. The van der Waals surface area contributed by atoms with E-state index < -0.39 is 23.4 Å². The third-order valence-electron chi connectivity index (χ3n) is 5.27. The number of aliphatic hydroxyl groups is 1. The molecule has 1 atom stereocenters. The van der Waals surface area contributed by atoms with Gasteiger partial charge in [-0.2, -0.15) is 0 Å². The van der Waals surface area contributed by atoms with Crippen molar-refractivity contribution >= 4 is 29.0 Å². The molecule has 2 aromatic heterocycles. The van der Waals surface area contributed by atoms with Gasteiger partial charge in [-0.15, -0.1) is 8.78 Å². The highest BCUT2D eigenvalue weighted by Crippen LogP contribution is 2.33. The number of nitrogens with one attached hydrogen (secondary N) is 1. The predicted octanol–water partition coefficient (Wildman–Crippen LogP) is 4.58. The van der Waals surface area contributed by atoms with Crippen molar-refractivity contribution in [3.05, 3.63) is 65.9 Å². The first-order valence-corrected chi connectivity index (χ1v) is 10.7. The van der Waals surface area contributed by atoms with Crippen LogP contribution in [0, 0.1) is 12.7 Å². The minimum absolute atomic E-state index is 0.173. The largest absolute Gasteiger partial charge is 0.487 e. The molecule has 1 fully saturated rings. The molecule has 1 amide bonds. The second-order valence-electron chi connectivity index (χ2n) is 7.80. The van der Waals surface area contributed by atoms with Crippen LogP contribution in [-0.4, -0.2) is 45.7 Å². The number of aryl methyl sites for hydroxylation is 1. The van der Waals surface area contributed by atoms with Crippen molar-refractivity contribution in [2.24, 2.45) is 0 Å². The Bertz CT molecular complexity index is 1210. The van der Waals surface area contributed by atoms with Crippen LogP contribution in [0.25, 0.3) is 11.1 Å². The van der Waals surface area contributed by atoms with E-state index in [1.807, 2.05) is 4.90 Å². The van der Waals surface area contributed by atoms with Crippen LogP contribution in [-0.2, 0) is 0 Å². The molecule has 0 aliphatic carbocycles. The fourth-order valence-corrected chi connectivity index (χ4v) is 3.67. The molecule has 11 heteroatoms. The van der Waals surface area contributed by atoms with E-state index in [1.165, 1.54) is 42.7 Å². The van der Waals surface area contributed by atoms with E-state index in [0.29, 0.717) is 42.1 Å². The number of rotatable bonds is 6. The van der Waals surface area contributed by atoms with Gasteiger partial charge in [0.15, 0.2) is 0 Å². The highest BCUT2D eigenvalue weighted by molar-refractivity contribution is 6.20. The van der Waals surface area contributed by atoms with Crippen LogP contribution in [0.5, 0.6) is 5.75 Å². The number of carbonyl (C=O) groups is 1. The number of aromatic nitrogens is 2. The lowest BCUT2D eigenvalue weighted by Gasteiger charge is -2.21. The molecule has 1 aliphatic rings. The number of halogens is 4. The minimum atomic E-state index is -3.84.